The Hall–Kier alpha value is -1.74. The molecule has 0 aliphatic rings. The Kier molecular flexibility index (Phi) is 3.97. The first kappa shape index (κ1) is 13.3. The van der Waals surface area contributed by atoms with Gasteiger partial charge in [0, 0.05) is 18.8 Å². The molecule has 9 heteroatoms. The molecule has 1 aromatic rings. The van der Waals surface area contributed by atoms with Crippen LogP contribution >= 0.6 is 0 Å². The lowest BCUT2D eigenvalue weighted by Gasteiger charge is -2.05. The number of nitro groups is 1. The number of anilines is 1. The predicted molar refractivity (Wildman–Crippen MR) is 62.1 cm³/mol. The molecule has 0 saturated heterocycles. The van der Waals surface area contributed by atoms with Crippen molar-refractivity contribution in [2.45, 2.75) is 6.92 Å². The van der Waals surface area contributed by atoms with Crippen molar-refractivity contribution in [3.05, 3.63) is 27.9 Å². The van der Waals surface area contributed by atoms with E-state index in [4.69, 9.17) is 5.14 Å². The molecule has 8 nitrogen and oxygen atoms in total. The van der Waals surface area contributed by atoms with E-state index in [-0.39, 0.29) is 23.8 Å². The van der Waals surface area contributed by atoms with Crippen molar-refractivity contribution in [3.63, 3.8) is 0 Å². The Bertz CT molecular complexity index is 528. The predicted octanol–water partition coefficient (Wildman–Crippen LogP) is -0.00138. The van der Waals surface area contributed by atoms with Crippen molar-refractivity contribution in [1.29, 1.82) is 0 Å². The molecule has 1 heterocycles. The number of rotatable bonds is 5. The van der Waals surface area contributed by atoms with Crippen LogP contribution in [0.3, 0.4) is 0 Å². The summed E-state index contributed by atoms with van der Waals surface area (Å²) in [5.41, 5.74) is 0.452. The molecule has 0 aliphatic heterocycles. The van der Waals surface area contributed by atoms with Crippen LogP contribution in [0.2, 0.25) is 0 Å². The van der Waals surface area contributed by atoms with Crippen LogP contribution in [0.4, 0.5) is 11.5 Å². The van der Waals surface area contributed by atoms with Crippen molar-refractivity contribution in [2.24, 2.45) is 5.14 Å². The van der Waals surface area contributed by atoms with Gasteiger partial charge >= 0.3 is 5.69 Å². The summed E-state index contributed by atoms with van der Waals surface area (Å²) in [5, 5.41) is 18.1. The molecular formula is C8H12N4O4S. The number of primary sulfonamides is 1. The van der Waals surface area contributed by atoms with Gasteiger partial charge in [-0.15, -0.1) is 0 Å². The molecule has 0 atom stereocenters. The molecule has 1 aromatic heterocycles. The van der Waals surface area contributed by atoms with Crippen LogP contribution in [0.1, 0.15) is 5.56 Å². The highest BCUT2D eigenvalue weighted by atomic mass is 32.2. The molecule has 0 radical (unpaired) electrons. The SMILES string of the molecule is Cc1cnc(NCCS(N)(=O)=O)c([N+](=O)[O-])c1. The molecule has 3 N–H and O–H groups in total. The van der Waals surface area contributed by atoms with Gasteiger partial charge in [-0.2, -0.15) is 0 Å². The summed E-state index contributed by atoms with van der Waals surface area (Å²) in [6.45, 7) is 1.64. The third-order valence-corrected chi connectivity index (χ3v) is 2.65. The zero-order valence-electron chi connectivity index (χ0n) is 9.08. The van der Waals surface area contributed by atoms with Crippen LogP contribution in [-0.4, -0.2) is 30.6 Å². The number of nitrogens with two attached hydrogens (primary N) is 1. The van der Waals surface area contributed by atoms with E-state index in [1.54, 1.807) is 6.92 Å². The van der Waals surface area contributed by atoms with Gasteiger partial charge in [-0.3, -0.25) is 10.1 Å². The van der Waals surface area contributed by atoms with Crippen LogP contribution in [0.25, 0.3) is 0 Å². The molecule has 1 rings (SSSR count). The van der Waals surface area contributed by atoms with E-state index in [0.29, 0.717) is 5.56 Å². The van der Waals surface area contributed by atoms with Crippen molar-refractivity contribution in [1.82, 2.24) is 4.98 Å². The molecule has 94 valence electrons. The monoisotopic (exact) mass is 260 g/mol. The lowest BCUT2D eigenvalue weighted by atomic mass is 10.3. The summed E-state index contributed by atoms with van der Waals surface area (Å²) >= 11 is 0. The Morgan fingerprint density at radius 3 is 2.76 bits per heavy atom. The third-order valence-electron chi connectivity index (χ3n) is 1.88. The standard InChI is InChI=1S/C8H12N4O4S/c1-6-4-7(12(13)14)8(11-5-6)10-2-3-17(9,15)16/h4-5H,2-3H2,1H3,(H,10,11)(H2,9,15,16). The summed E-state index contributed by atoms with van der Waals surface area (Å²) in [6.07, 6.45) is 1.45. The van der Waals surface area contributed by atoms with Crippen molar-refractivity contribution < 1.29 is 13.3 Å². The molecule has 0 aliphatic carbocycles. The maximum Gasteiger partial charge on any atom is 0.311 e. The maximum atomic E-state index is 10.7. The lowest BCUT2D eigenvalue weighted by Crippen LogP contribution is -2.22. The normalized spacial score (nSPS) is 11.2. The second-order valence-corrected chi connectivity index (χ2v) is 5.17. The summed E-state index contributed by atoms with van der Waals surface area (Å²) in [6, 6.07) is 1.35. The van der Waals surface area contributed by atoms with E-state index in [1.807, 2.05) is 0 Å². The quantitative estimate of drug-likeness (QED) is 0.566. The molecule has 17 heavy (non-hydrogen) atoms. The van der Waals surface area contributed by atoms with Crippen LogP contribution in [0.5, 0.6) is 0 Å². The van der Waals surface area contributed by atoms with E-state index in [0.717, 1.165) is 0 Å². The number of nitrogens with zero attached hydrogens (tertiary/aromatic N) is 2. The number of nitrogens with one attached hydrogen (secondary N) is 1. The molecule has 0 fully saturated rings. The highest BCUT2D eigenvalue weighted by Crippen LogP contribution is 2.21. The van der Waals surface area contributed by atoms with Crippen LogP contribution in [-0.2, 0) is 10.0 Å². The Labute approximate surface area is 98.0 Å². The zero-order valence-corrected chi connectivity index (χ0v) is 9.90. The summed E-state index contributed by atoms with van der Waals surface area (Å²) in [4.78, 5) is 14.0. The second-order valence-electron chi connectivity index (χ2n) is 3.43. The van der Waals surface area contributed by atoms with E-state index >= 15 is 0 Å². The highest BCUT2D eigenvalue weighted by Gasteiger charge is 2.15. The Morgan fingerprint density at radius 2 is 2.24 bits per heavy atom. The topological polar surface area (TPSA) is 128 Å². The minimum atomic E-state index is -3.60. The molecule has 0 aromatic carbocycles. The summed E-state index contributed by atoms with van der Waals surface area (Å²) < 4.78 is 21.4. The van der Waals surface area contributed by atoms with E-state index < -0.39 is 14.9 Å². The average molecular weight is 260 g/mol. The summed E-state index contributed by atoms with van der Waals surface area (Å²) in [7, 11) is -3.60. The van der Waals surface area contributed by atoms with Gasteiger partial charge in [-0.05, 0) is 12.5 Å². The number of pyridine rings is 1. The fraction of sp³-hybridized carbons (Fsp3) is 0.375. The average Bonchev–Trinajstić information content (AvgIpc) is 2.18. The third kappa shape index (κ3) is 4.33. The van der Waals surface area contributed by atoms with Gasteiger partial charge in [-0.1, -0.05) is 0 Å². The van der Waals surface area contributed by atoms with Gasteiger partial charge in [0.15, 0.2) is 0 Å². The molecule has 0 unspecified atom stereocenters. The Morgan fingerprint density at radius 1 is 1.59 bits per heavy atom. The molecule has 0 amide bonds. The smallest absolute Gasteiger partial charge is 0.311 e. The lowest BCUT2D eigenvalue weighted by molar-refractivity contribution is -0.384. The Balaban J connectivity index is 2.81. The zero-order chi connectivity index (χ0) is 13.1. The maximum absolute atomic E-state index is 10.7. The summed E-state index contributed by atoms with van der Waals surface area (Å²) in [5.74, 6) is -0.288. The van der Waals surface area contributed by atoms with E-state index in [2.05, 4.69) is 10.3 Å². The van der Waals surface area contributed by atoms with Crippen molar-refractivity contribution >= 4 is 21.5 Å². The first-order valence-electron chi connectivity index (χ1n) is 4.65. The number of hydrogen-bond donors (Lipinski definition) is 2. The van der Waals surface area contributed by atoms with Gasteiger partial charge < -0.3 is 5.32 Å². The molecular weight excluding hydrogens is 248 g/mol. The minimum Gasteiger partial charge on any atom is -0.363 e. The number of aromatic nitrogens is 1. The van der Waals surface area contributed by atoms with Gasteiger partial charge in [0.1, 0.15) is 0 Å². The van der Waals surface area contributed by atoms with Crippen LogP contribution in [0.15, 0.2) is 12.3 Å². The number of sulfonamides is 1. The fourth-order valence-electron chi connectivity index (χ4n) is 1.14. The van der Waals surface area contributed by atoms with Crippen LogP contribution < -0.4 is 10.5 Å². The van der Waals surface area contributed by atoms with Crippen molar-refractivity contribution in [2.75, 3.05) is 17.6 Å². The van der Waals surface area contributed by atoms with Gasteiger partial charge in [-0.25, -0.2) is 18.5 Å². The minimum absolute atomic E-state index is 0.0317. The second kappa shape index (κ2) is 5.06. The molecule has 0 bridgehead atoms. The molecule has 0 spiro atoms. The van der Waals surface area contributed by atoms with Gasteiger partial charge in [0.05, 0.1) is 10.7 Å². The fourth-order valence-corrected chi connectivity index (χ4v) is 1.53. The van der Waals surface area contributed by atoms with E-state index in [1.165, 1.54) is 12.3 Å². The largest absolute Gasteiger partial charge is 0.363 e. The van der Waals surface area contributed by atoms with Gasteiger partial charge in [0.2, 0.25) is 15.8 Å². The van der Waals surface area contributed by atoms with Crippen LogP contribution in [0, 0.1) is 17.0 Å². The van der Waals surface area contributed by atoms with E-state index in [9.17, 15) is 18.5 Å². The number of hydrogen-bond acceptors (Lipinski definition) is 6. The first-order valence-corrected chi connectivity index (χ1v) is 6.36. The number of aryl methyl sites for hydroxylation is 1. The highest BCUT2D eigenvalue weighted by molar-refractivity contribution is 7.89. The molecule has 0 saturated carbocycles. The van der Waals surface area contributed by atoms with Crippen molar-refractivity contribution in [3.8, 4) is 0 Å². The first-order chi connectivity index (χ1) is 7.79. The van der Waals surface area contributed by atoms with Gasteiger partial charge in [0.25, 0.3) is 0 Å².